The number of rotatable bonds is 6. The second-order valence-electron chi connectivity index (χ2n) is 12.8. The Morgan fingerprint density at radius 1 is 0.259 bits per heavy atom. The second kappa shape index (κ2) is 12.3. The van der Waals surface area contributed by atoms with Gasteiger partial charge in [-0.2, -0.15) is 0 Å². The van der Waals surface area contributed by atoms with E-state index in [2.05, 4.69) is 0 Å². The van der Waals surface area contributed by atoms with E-state index in [4.69, 9.17) is 27.1 Å². The molecule has 7 aromatic rings. The van der Waals surface area contributed by atoms with Gasteiger partial charge in [-0.15, -0.1) is 0 Å². The highest BCUT2D eigenvalue weighted by molar-refractivity contribution is 7.64. The first-order chi connectivity index (χ1) is 26.2. The van der Waals surface area contributed by atoms with Gasteiger partial charge in [-0.25, -0.2) is 13.7 Å². The zero-order valence-corrected chi connectivity index (χ0v) is 30.8. The Labute approximate surface area is 310 Å². The van der Waals surface area contributed by atoms with Crippen molar-refractivity contribution in [3.05, 3.63) is 164 Å². The lowest BCUT2D eigenvalue weighted by Gasteiger charge is -2.16. The summed E-state index contributed by atoms with van der Waals surface area (Å²) in [5.41, 5.74) is 4.59. The Morgan fingerprint density at radius 2 is 0.500 bits per heavy atom. The van der Waals surface area contributed by atoms with Gasteiger partial charge in [-0.1, -0.05) is 72.8 Å². The SMILES string of the molecule is O=P1(c2cccc(-c3cc(-c4cccc(P5(=O)Oc6ccccc6O5)c4)cc(-c4cccc(P5(=O)Oc6ccccc6O5)c4)c3)c2)Oc2ccccc2O1. The first-order valence-electron chi connectivity index (χ1n) is 17.0. The van der Waals surface area contributed by atoms with Crippen LogP contribution in [0.1, 0.15) is 0 Å². The molecule has 3 aliphatic rings. The Kier molecular flexibility index (Phi) is 7.44. The highest BCUT2D eigenvalue weighted by atomic mass is 31.2. The molecule has 264 valence electrons. The number of fused-ring (bicyclic) bond motifs is 3. The summed E-state index contributed by atoms with van der Waals surface area (Å²) < 4.78 is 77.4. The molecule has 9 nitrogen and oxygen atoms in total. The lowest BCUT2D eigenvalue weighted by molar-refractivity contribution is 0.443. The molecule has 0 N–H and O–H groups in total. The third-order valence-corrected chi connectivity index (χ3v) is 14.6. The van der Waals surface area contributed by atoms with Crippen molar-refractivity contribution in [3.63, 3.8) is 0 Å². The maximum Gasteiger partial charge on any atom is 0.463 e. The third-order valence-electron chi connectivity index (χ3n) is 9.28. The maximum atomic E-state index is 14.0. The zero-order valence-electron chi connectivity index (χ0n) is 28.1. The molecule has 0 unspecified atom stereocenters. The van der Waals surface area contributed by atoms with E-state index in [-0.39, 0.29) is 0 Å². The smallest absolute Gasteiger partial charge is 0.409 e. The van der Waals surface area contributed by atoms with Crippen LogP contribution in [0.2, 0.25) is 0 Å². The van der Waals surface area contributed by atoms with Gasteiger partial charge in [-0.05, 0) is 124 Å². The fourth-order valence-corrected chi connectivity index (χ4v) is 11.5. The van der Waals surface area contributed by atoms with Crippen LogP contribution in [0.15, 0.2) is 164 Å². The molecule has 7 aromatic carbocycles. The van der Waals surface area contributed by atoms with Crippen LogP contribution in [0.25, 0.3) is 33.4 Å². The second-order valence-corrected chi connectivity index (χ2v) is 18.5. The molecule has 10 rings (SSSR count). The average molecular weight is 769 g/mol. The van der Waals surface area contributed by atoms with Crippen molar-refractivity contribution >= 4 is 38.7 Å². The summed E-state index contributed by atoms with van der Waals surface area (Å²) in [5, 5.41) is 1.19. The van der Waals surface area contributed by atoms with E-state index >= 15 is 0 Å². The Morgan fingerprint density at radius 3 is 0.741 bits per heavy atom. The third kappa shape index (κ3) is 5.61. The molecule has 0 atom stereocenters. The minimum atomic E-state index is -3.71. The Bertz CT molecular complexity index is 2420. The van der Waals surface area contributed by atoms with Gasteiger partial charge in [0, 0.05) is 0 Å². The fourth-order valence-electron chi connectivity index (χ4n) is 6.65. The largest absolute Gasteiger partial charge is 0.463 e. The van der Waals surface area contributed by atoms with Gasteiger partial charge < -0.3 is 27.1 Å². The molecular formula is C42H27O9P3. The molecule has 12 heteroatoms. The topological polar surface area (TPSA) is 107 Å². The predicted octanol–water partition coefficient (Wildman–Crippen LogP) is 10.6. The van der Waals surface area contributed by atoms with E-state index in [1.807, 2.05) is 54.6 Å². The summed E-state index contributed by atoms with van der Waals surface area (Å²) in [6, 6.07) is 48.9. The summed E-state index contributed by atoms with van der Waals surface area (Å²) in [6.45, 7) is 0. The van der Waals surface area contributed by atoms with Crippen molar-refractivity contribution in [2.24, 2.45) is 0 Å². The van der Waals surface area contributed by atoms with Crippen LogP contribution in [0, 0.1) is 0 Å². The molecule has 0 aliphatic carbocycles. The maximum absolute atomic E-state index is 14.0. The van der Waals surface area contributed by atoms with Crippen LogP contribution in [-0.4, -0.2) is 0 Å². The van der Waals surface area contributed by atoms with E-state index in [1.165, 1.54) is 0 Å². The van der Waals surface area contributed by atoms with Crippen LogP contribution in [0.5, 0.6) is 34.5 Å². The molecule has 0 saturated heterocycles. The number of benzene rings is 7. The van der Waals surface area contributed by atoms with Crippen molar-refractivity contribution in [1.29, 1.82) is 0 Å². The van der Waals surface area contributed by atoms with Gasteiger partial charge in [-0.3, -0.25) is 0 Å². The van der Waals surface area contributed by atoms with Crippen LogP contribution >= 0.6 is 22.8 Å². The molecule has 0 fully saturated rings. The molecule has 0 bridgehead atoms. The van der Waals surface area contributed by atoms with Crippen molar-refractivity contribution in [2.45, 2.75) is 0 Å². The summed E-state index contributed by atoms with van der Waals surface area (Å²) in [5.74, 6) is 2.53. The highest BCUT2D eigenvalue weighted by Crippen LogP contribution is 2.59. The monoisotopic (exact) mass is 768 g/mol. The van der Waals surface area contributed by atoms with Gasteiger partial charge in [0.1, 0.15) is 0 Å². The number of hydrogen-bond acceptors (Lipinski definition) is 9. The van der Waals surface area contributed by atoms with Gasteiger partial charge in [0.15, 0.2) is 34.5 Å². The normalized spacial score (nSPS) is 16.2. The van der Waals surface area contributed by atoms with Crippen LogP contribution in [-0.2, 0) is 13.7 Å². The minimum Gasteiger partial charge on any atom is -0.409 e. The molecule has 3 aliphatic heterocycles. The number of para-hydroxylation sites is 6. The summed E-state index contributed by atoms with van der Waals surface area (Å²) >= 11 is 0. The van der Waals surface area contributed by atoms with Gasteiger partial charge in [0.05, 0.1) is 15.9 Å². The molecule has 0 saturated carbocycles. The van der Waals surface area contributed by atoms with Gasteiger partial charge in [0.2, 0.25) is 0 Å². The molecule has 0 amide bonds. The van der Waals surface area contributed by atoms with E-state index in [0.717, 1.165) is 33.4 Å². The van der Waals surface area contributed by atoms with Gasteiger partial charge in [0.25, 0.3) is 0 Å². The van der Waals surface area contributed by atoms with Crippen LogP contribution in [0.4, 0.5) is 0 Å². The standard InChI is InChI=1S/C42H27O9P3/c43-52(46-37-16-1-2-17-38(37)47-52)34-13-7-10-28(25-34)31-22-32(29-11-8-14-35(26-29)53(44)48-39-18-3-4-19-40(39)49-53)24-33(23-31)30-12-9-15-36(27-30)54(45)50-41-20-5-6-21-42(41)51-54/h1-27H. The highest BCUT2D eigenvalue weighted by Gasteiger charge is 2.41. The summed E-state index contributed by atoms with van der Waals surface area (Å²) in [4.78, 5) is 0. The van der Waals surface area contributed by atoms with E-state index < -0.39 is 22.8 Å². The molecule has 0 spiro atoms. The van der Waals surface area contributed by atoms with E-state index in [1.54, 1.807) is 109 Å². The predicted molar refractivity (Wildman–Crippen MR) is 208 cm³/mol. The summed E-state index contributed by atoms with van der Waals surface area (Å²) in [7, 11) is -11.1. The molecular weight excluding hydrogens is 741 g/mol. The van der Waals surface area contributed by atoms with E-state index in [9.17, 15) is 13.7 Å². The quantitative estimate of drug-likeness (QED) is 0.153. The fraction of sp³-hybridized carbons (Fsp3) is 0. The molecule has 0 radical (unpaired) electrons. The van der Waals surface area contributed by atoms with E-state index in [0.29, 0.717) is 50.4 Å². The van der Waals surface area contributed by atoms with Gasteiger partial charge >= 0.3 is 22.8 Å². The average Bonchev–Trinajstić information content (AvgIpc) is 3.88. The Hall–Kier alpha value is -5.97. The lowest BCUT2D eigenvalue weighted by Crippen LogP contribution is -2.11. The van der Waals surface area contributed by atoms with Crippen molar-refractivity contribution in [2.75, 3.05) is 0 Å². The molecule has 0 aromatic heterocycles. The lowest BCUT2D eigenvalue weighted by atomic mass is 9.93. The van der Waals surface area contributed by atoms with Crippen molar-refractivity contribution < 1.29 is 40.8 Å². The minimum absolute atomic E-state index is 0.397. The van der Waals surface area contributed by atoms with Crippen molar-refractivity contribution in [3.8, 4) is 67.9 Å². The Balaban J connectivity index is 1.08. The first kappa shape index (κ1) is 32.7. The van der Waals surface area contributed by atoms with Crippen LogP contribution in [0.3, 0.4) is 0 Å². The molecule has 3 heterocycles. The molecule has 54 heavy (non-hydrogen) atoms. The zero-order chi connectivity index (χ0) is 36.5. The van der Waals surface area contributed by atoms with Crippen LogP contribution < -0.4 is 43.1 Å². The van der Waals surface area contributed by atoms with Crippen molar-refractivity contribution in [1.82, 2.24) is 0 Å². The first-order valence-corrected chi connectivity index (χ1v) is 21.6. The summed E-state index contributed by atoms with van der Waals surface area (Å²) in [6.07, 6.45) is 0. The number of hydrogen-bond donors (Lipinski definition) is 0.